The molecule has 2 rings (SSSR count). The van der Waals surface area contributed by atoms with E-state index in [-0.39, 0.29) is 16.9 Å². The zero-order valence-corrected chi connectivity index (χ0v) is 14.6. The molecule has 25 heavy (non-hydrogen) atoms. The van der Waals surface area contributed by atoms with Gasteiger partial charge in [-0.25, -0.2) is 4.98 Å². The van der Waals surface area contributed by atoms with Gasteiger partial charge in [0.25, 0.3) is 11.2 Å². The van der Waals surface area contributed by atoms with Gasteiger partial charge < -0.3 is 10.3 Å². The fraction of sp³-hybridized carbons (Fsp3) is 0.312. The number of benzene rings is 1. The van der Waals surface area contributed by atoms with Crippen molar-refractivity contribution in [1.82, 2.24) is 9.97 Å². The summed E-state index contributed by atoms with van der Waals surface area (Å²) >= 11 is 1.09. The van der Waals surface area contributed by atoms with E-state index in [1.165, 1.54) is 24.3 Å². The molecule has 1 aromatic carbocycles. The summed E-state index contributed by atoms with van der Waals surface area (Å²) < 4.78 is 0. The summed E-state index contributed by atoms with van der Waals surface area (Å²) in [6.45, 7) is 3.62. The standard InChI is InChI=1S/C16H18N4O4S/c1-3-6-11-9-14(21)19-16(17-11)25-10(2)15(22)18-12-7-4-5-8-13(12)20(23)24/h4-5,7-10H,3,6H2,1-2H3,(H,18,22)(H,17,19,21)/t10-/m1/s1. The minimum atomic E-state index is -0.597. The summed E-state index contributed by atoms with van der Waals surface area (Å²) in [5.74, 6) is -0.414. The lowest BCUT2D eigenvalue weighted by Crippen LogP contribution is -2.23. The van der Waals surface area contributed by atoms with E-state index in [0.717, 1.165) is 18.2 Å². The van der Waals surface area contributed by atoms with Crippen LogP contribution in [0.2, 0.25) is 0 Å². The average Bonchev–Trinajstić information content (AvgIpc) is 2.54. The van der Waals surface area contributed by atoms with E-state index in [0.29, 0.717) is 17.3 Å². The number of thioether (sulfide) groups is 1. The zero-order valence-electron chi connectivity index (χ0n) is 13.8. The second-order valence-corrected chi connectivity index (χ2v) is 6.64. The Morgan fingerprint density at radius 3 is 2.84 bits per heavy atom. The lowest BCUT2D eigenvalue weighted by Gasteiger charge is -2.12. The van der Waals surface area contributed by atoms with Gasteiger partial charge in [0.2, 0.25) is 5.91 Å². The Bertz CT molecular complexity index is 837. The summed E-state index contributed by atoms with van der Waals surface area (Å²) in [6, 6.07) is 7.36. The molecule has 0 radical (unpaired) electrons. The number of amides is 1. The number of carbonyl (C=O) groups is 1. The minimum Gasteiger partial charge on any atom is -0.319 e. The van der Waals surface area contributed by atoms with E-state index in [1.54, 1.807) is 13.0 Å². The number of aromatic nitrogens is 2. The van der Waals surface area contributed by atoms with Crippen molar-refractivity contribution < 1.29 is 9.72 Å². The maximum Gasteiger partial charge on any atom is 0.292 e. The Kier molecular flexibility index (Phi) is 6.29. The maximum absolute atomic E-state index is 12.3. The third-order valence-corrected chi connectivity index (χ3v) is 4.28. The van der Waals surface area contributed by atoms with Crippen molar-refractivity contribution in [3.8, 4) is 0 Å². The number of hydrogen-bond donors (Lipinski definition) is 2. The number of nitro groups is 1. The van der Waals surface area contributed by atoms with E-state index in [9.17, 15) is 19.7 Å². The molecular formula is C16H18N4O4S. The molecule has 0 bridgehead atoms. The van der Waals surface area contributed by atoms with E-state index in [1.807, 2.05) is 6.92 Å². The first-order valence-corrected chi connectivity index (χ1v) is 8.60. The number of aromatic amines is 1. The number of rotatable bonds is 7. The van der Waals surface area contributed by atoms with Crippen molar-refractivity contribution in [1.29, 1.82) is 0 Å². The lowest BCUT2D eigenvalue weighted by atomic mass is 10.2. The molecule has 2 aromatic rings. The third kappa shape index (κ3) is 5.15. The fourth-order valence-electron chi connectivity index (χ4n) is 2.12. The molecule has 9 heteroatoms. The highest BCUT2D eigenvalue weighted by molar-refractivity contribution is 8.00. The van der Waals surface area contributed by atoms with Gasteiger partial charge in [0.05, 0.1) is 10.2 Å². The second-order valence-electron chi connectivity index (χ2n) is 5.32. The summed E-state index contributed by atoms with van der Waals surface area (Å²) in [6.07, 6.45) is 1.53. The van der Waals surface area contributed by atoms with Crippen LogP contribution in [0.5, 0.6) is 0 Å². The summed E-state index contributed by atoms with van der Waals surface area (Å²) in [5.41, 5.74) is 0.350. The average molecular weight is 362 g/mol. The monoisotopic (exact) mass is 362 g/mol. The van der Waals surface area contributed by atoms with Crippen molar-refractivity contribution >= 4 is 29.0 Å². The number of hydrogen-bond acceptors (Lipinski definition) is 6. The molecule has 0 unspecified atom stereocenters. The van der Waals surface area contributed by atoms with Crippen LogP contribution in [0.3, 0.4) is 0 Å². The van der Waals surface area contributed by atoms with Crippen LogP contribution in [0.25, 0.3) is 0 Å². The van der Waals surface area contributed by atoms with Gasteiger partial charge in [0, 0.05) is 17.8 Å². The molecule has 0 saturated heterocycles. The molecule has 2 N–H and O–H groups in total. The molecule has 0 aliphatic heterocycles. The first kappa shape index (κ1) is 18.7. The van der Waals surface area contributed by atoms with Crippen LogP contribution in [0.1, 0.15) is 26.0 Å². The normalized spacial score (nSPS) is 11.8. The van der Waals surface area contributed by atoms with Crippen LogP contribution < -0.4 is 10.9 Å². The topological polar surface area (TPSA) is 118 Å². The molecule has 0 saturated carbocycles. The van der Waals surface area contributed by atoms with E-state index < -0.39 is 16.1 Å². The van der Waals surface area contributed by atoms with Gasteiger partial charge in [-0.05, 0) is 19.4 Å². The highest BCUT2D eigenvalue weighted by Crippen LogP contribution is 2.25. The summed E-state index contributed by atoms with van der Waals surface area (Å²) in [7, 11) is 0. The van der Waals surface area contributed by atoms with Crippen LogP contribution in [0.15, 0.2) is 40.3 Å². The predicted octanol–water partition coefficient (Wildman–Crippen LogP) is 2.75. The van der Waals surface area contributed by atoms with Crippen LogP contribution in [0, 0.1) is 10.1 Å². The Morgan fingerprint density at radius 1 is 1.44 bits per heavy atom. The molecule has 0 aliphatic rings. The molecule has 8 nitrogen and oxygen atoms in total. The van der Waals surface area contributed by atoms with Gasteiger partial charge in [0.1, 0.15) is 5.69 Å². The first-order valence-electron chi connectivity index (χ1n) is 7.72. The Labute approximate surface area is 148 Å². The Balaban J connectivity index is 2.11. The molecule has 1 heterocycles. The number of anilines is 1. The van der Waals surface area contributed by atoms with Gasteiger partial charge in [-0.15, -0.1) is 0 Å². The number of H-pyrrole nitrogens is 1. The smallest absolute Gasteiger partial charge is 0.292 e. The highest BCUT2D eigenvalue weighted by Gasteiger charge is 2.20. The van der Waals surface area contributed by atoms with Crippen LogP contribution in [-0.2, 0) is 11.2 Å². The molecule has 132 valence electrons. The summed E-state index contributed by atoms with van der Waals surface area (Å²) in [4.78, 5) is 41.3. The number of aryl methyl sites for hydroxylation is 1. The molecule has 1 amide bonds. The predicted molar refractivity (Wildman–Crippen MR) is 95.9 cm³/mol. The minimum absolute atomic E-state index is 0.131. The molecule has 1 aromatic heterocycles. The number of nitro benzene ring substituents is 1. The molecule has 0 spiro atoms. The number of nitrogens with zero attached hydrogens (tertiary/aromatic N) is 2. The van der Waals surface area contributed by atoms with Gasteiger partial charge >= 0.3 is 0 Å². The Morgan fingerprint density at radius 2 is 2.16 bits per heavy atom. The Hall–Kier alpha value is -2.68. The highest BCUT2D eigenvalue weighted by atomic mass is 32.2. The number of para-hydroxylation sites is 2. The molecule has 1 atom stereocenters. The van der Waals surface area contributed by atoms with Gasteiger partial charge in [-0.2, -0.15) is 0 Å². The third-order valence-electron chi connectivity index (χ3n) is 3.30. The quantitative estimate of drug-likeness (QED) is 0.338. The van der Waals surface area contributed by atoms with Gasteiger partial charge in [-0.3, -0.25) is 19.7 Å². The largest absolute Gasteiger partial charge is 0.319 e. The van der Waals surface area contributed by atoms with Crippen molar-refractivity contribution in [2.75, 3.05) is 5.32 Å². The first-order chi connectivity index (χ1) is 11.9. The van der Waals surface area contributed by atoms with E-state index in [2.05, 4.69) is 15.3 Å². The van der Waals surface area contributed by atoms with Crippen LogP contribution in [0.4, 0.5) is 11.4 Å². The van der Waals surface area contributed by atoms with E-state index in [4.69, 9.17) is 0 Å². The van der Waals surface area contributed by atoms with Crippen molar-refractivity contribution in [3.63, 3.8) is 0 Å². The number of carbonyl (C=O) groups excluding carboxylic acids is 1. The second kappa shape index (κ2) is 8.43. The van der Waals surface area contributed by atoms with Crippen LogP contribution >= 0.6 is 11.8 Å². The molecule has 0 aliphatic carbocycles. The van der Waals surface area contributed by atoms with Crippen LogP contribution in [-0.4, -0.2) is 26.0 Å². The SMILES string of the molecule is CCCc1cc(=O)[nH]c(S[C@H](C)C(=O)Nc2ccccc2[N+](=O)[O-])n1. The molecule has 0 fully saturated rings. The fourth-order valence-corrected chi connectivity index (χ4v) is 2.95. The van der Waals surface area contributed by atoms with Gasteiger partial charge in [0.15, 0.2) is 5.16 Å². The molecular weight excluding hydrogens is 344 g/mol. The van der Waals surface area contributed by atoms with Crippen molar-refractivity contribution in [2.24, 2.45) is 0 Å². The van der Waals surface area contributed by atoms with Gasteiger partial charge in [-0.1, -0.05) is 37.2 Å². The van der Waals surface area contributed by atoms with E-state index >= 15 is 0 Å². The van der Waals surface area contributed by atoms with Crippen molar-refractivity contribution in [2.45, 2.75) is 37.1 Å². The summed E-state index contributed by atoms with van der Waals surface area (Å²) in [5, 5.41) is 13.3. The van der Waals surface area contributed by atoms with Crippen molar-refractivity contribution in [3.05, 3.63) is 56.5 Å². The zero-order chi connectivity index (χ0) is 18.4. The number of nitrogens with one attached hydrogen (secondary N) is 2. The maximum atomic E-state index is 12.3. The lowest BCUT2D eigenvalue weighted by molar-refractivity contribution is -0.383.